The second-order valence-electron chi connectivity index (χ2n) is 14.4. The van der Waals surface area contributed by atoms with Gasteiger partial charge in [0.15, 0.2) is 0 Å². The third kappa shape index (κ3) is 8.11. The van der Waals surface area contributed by atoms with Crippen molar-refractivity contribution < 1.29 is 17.9 Å². The van der Waals surface area contributed by atoms with Gasteiger partial charge in [0.05, 0.1) is 27.9 Å². The predicted molar refractivity (Wildman–Crippen MR) is 198 cm³/mol. The molecule has 0 aliphatic carbocycles. The van der Waals surface area contributed by atoms with E-state index in [4.69, 9.17) is 9.72 Å². The van der Waals surface area contributed by atoms with Crippen molar-refractivity contribution in [1.29, 1.82) is 0 Å². The van der Waals surface area contributed by atoms with Crippen LogP contribution in [-0.4, -0.2) is 64.6 Å². The smallest absolute Gasteiger partial charge is 0.410 e. The lowest BCUT2D eigenvalue weighted by molar-refractivity contribution is -0.0247. The number of ether oxygens (including phenoxy) is 1. The molecule has 4 atom stereocenters. The van der Waals surface area contributed by atoms with Gasteiger partial charge in [0.1, 0.15) is 11.4 Å². The van der Waals surface area contributed by atoms with Gasteiger partial charge in [-0.3, -0.25) is 14.3 Å². The molecule has 1 aromatic heterocycles. The quantitative estimate of drug-likeness (QED) is 0.190. The maximum Gasteiger partial charge on any atom is 0.410 e. The topological polar surface area (TPSA) is 114 Å². The van der Waals surface area contributed by atoms with Crippen LogP contribution in [0.5, 0.6) is 0 Å². The second-order valence-corrected chi connectivity index (χ2v) is 16.1. The molecule has 5 rings (SSSR count). The van der Waals surface area contributed by atoms with Crippen LogP contribution in [0.25, 0.3) is 10.9 Å². The number of piperazine rings is 1. The molecule has 3 aromatic carbocycles. The summed E-state index contributed by atoms with van der Waals surface area (Å²) in [7, 11) is -3.90. The predicted octanol–water partition coefficient (Wildman–Crippen LogP) is 6.96. The number of carbonyl (C=O) groups excluding carboxylic acids is 1. The number of aromatic nitrogens is 2. The van der Waals surface area contributed by atoms with E-state index in [-0.39, 0.29) is 34.7 Å². The summed E-state index contributed by atoms with van der Waals surface area (Å²) in [4.78, 5) is 36.9. The Hall–Kier alpha value is -4.06. The zero-order valence-corrected chi connectivity index (χ0v) is 31.3. The lowest BCUT2D eigenvalue weighted by Crippen LogP contribution is -2.60. The van der Waals surface area contributed by atoms with Crippen LogP contribution in [0.2, 0.25) is 0 Å². The van der Waals surface area contributed by atoms with Crippen molar-refractivity contribution in [1.82, 2.24) is 24.1 Å². The molecule has 0 spiro atoms. The van der Waals surface area contributed by atoms with Crippen LogP contribution in [0.15, 0.2) is 82.5 Å². The van der Waals surface area contributed by atoms with Crippen LogP contribution in [-0.2, 0) is 21.3 Å². The van der Waals surface area contributed by atoms with E-state index in [0.29, 0.717) is 41.9 Å². The number of amides is 1. The Labute approximate surface area is 296 Å². The number of nitrogens with one attached hydrogen (secondary N) is 1. The first-order valence-electron chi connectivity index (χ1n) is 17.6. The molecule has 10 nitrogen and oxygen atoms in total. The highest BCUT2D eigenvalue weighted by molar-refractivity contribution is 7.89. The zero-order valence-electron chi connectivity index (χ0n) is 30.5. The molecule has 1 amide bonds. The molecule has 0 radical (unpaired) electrons. The summed E-state index contributed by atoms with van der Waals surface area (Å²) >= 11 is 0. The molecule has 1 unspecified atom stereocenters. The largest absolute Gasteiger partial charge is 0.444 e. The maximum absolute atomic E-state index is 14.3. The Balaban J connectivity index is 1.53. The van der Waals surface area contributed by atoms with E-state index in [1.165, 1.54) is 0 Å². The Bertz CT molecular complexity index is 1960. The fraction of sp³-hybridized carbons (Fsp3) is 0.462. The first-order valence-corrected chi connectivity index (χ1v) is 19.1. The van der Waals surface area contributed by atoms with Crippen molar-refractivity contribution in [2.24, 2.45) is 0 Å². The molecule has 50 heavy (non-hydrogen) atoms. The molecule has 1 aliphatic heterocycles. The van der Waals surface area contributed by atoms with Crippen molar-refractivity contribution in [2.75, 3.05) is 13.1 Å². The average Bonchev–Trinajstić information content (AvgIpc) is 3.05. The van der Waals surface area contributed by atoms with Gasteiger partial charge in [-0.15, -0.1) is 0 Å². The summed E-state index contributed by atoms with van der Waals surface area (Å²) in [6.07, 6.45) is 1.36. The molecule has 268 valence electrons. The molecule has 1 fully saturated rings. The first-order chi connectivity index (χ1) is 23.6. The maximum atomic E-state index is 14.3. The van der Waals surface area contributed by atoms with Gasteiger partial charge in [-0.1, -0.05) is 67.4 Å². The molecular formula is C39H51N5O5S. The van der Waals surface area contributed by atoms with E-state index < -0.39 is 21.7 Å². The summed E-state index contributed by atoms with van der Waals surface area (Å²) in [6.45, 7) is 17.3. The zero-order chi connectivity index (χ0) is 36.4. The Morgan fingerprint density at radius 1 is 0.960 bits per heavy atom. The van der Waals surface area contributed by atoms with Crippen LogP contribution in [0.3, 0.4) is 0 Å². The van der Waals surface area contributed by atoms with E-state index in [1.54, 1.807) is 34.9 Å². The van der Waals surface area contributed by atoms with Gasteiger partial charge in [0.2, 0.25) is 10.0 Å². The highest BCUT2D eigenvalue weighted by Crippen LogP contribution is 2.32. The van der Waals surface area contributed by atoms with Gasteiger partial charge in [-0.2, -0.15) is 4.72 Å². The summed E-state index contributed by atoms with van der Waals surface area (Å²) in [5, 5.41) is 0.426. The fourth-order valence-electron chi connectivity index (χ4n) is 6.95. The van der Waals surface area contributed by atoms with Gasteiger partial charge >= 0.3 is 6.09 Å². The Morgan fingerprint density at radius 3 is 2.18 bits per heavy atom. The van der Waals surface area contributed by atoms with Gasteiger partial charge < -0.3 is 9.64 Å². The minimum atomic E-state index is -3.90. The lowest BCUT2D eigenvalue weighted by Gasteiger charge is -2.47. The van der Waals surface area contributed by atoms with Crippen LogP contribution in [0.4, 0.5) is 4.79 Å². The molecule has 4 aromatic rings. The number of hydrogen-bond acceptors (Lipinski definition) is 7. The van der Waals surface area contributed by atoms with Crippen molar-refractivity contribution in [2.45, 2.75) is 109 Å². The van der Waals surface area contributed by atoms with Crippen LogP contribution in [0, 0.1) is 6.92 Å². The third-order valence-electron chi connectivity index (χ3n) is 9.25. The molecule has 1 saturated heterocycles. The number of aryl methyl sites for hydroxylation is 1. The molecule has 2 heterocycles. The summed E-state index contributed by atoms with van der Waals surface area (Å²) in [6, 6.07) is 20.5. The van der Waals surface area contributed by atoms with Crippen LogP contribution < -0.4 is 10.3 Å². The highest BCUT2D eigenvalue weighted by atomic mass is 32.2. The van der Waals surface area contributed by atoms with E-state index in [1.807, 2.05) is 95.8 Å². The summed E-state index contributed by atoms with van der Waals surface area (Å²) in [5.41, 5.74) is 2.15. The minimum absolute atomic E-state index is 0.101. The van der Waals surface area contributed by atoms with Gasteiger partial charge in [-0.25, -0.2) is 18.2 Å². The monoisotopic (exact) mass is 701 g/mol. The normalized spacial score (nSPS) is 18.6. The number of fused-ring (bicyclic) bond motifs is 1. The van der Waals surface area contributed by atoms with E-state index >= 15 is 0 Å². The summed E-state index contributed by atoms with van der Waals surface area (Å²) in [5.74, 6) is 0.699. The number of hydrogen-bond donors (Lipinski definition) is 1. The fourth-order valence-corrected chi connectivity index (χ4v) is 8.16. The SMILES string of the molecule is CCC[C@H](c1nc2ccc(C(NS(=O)(=O)c3ccc(C)cc3)c3ccccc3)cc2c(=O)n1CC)N1C[C@@H](C)N(C(=O)OC(C)(C)C)[C@@H](C)C1. The van der Waals surface area contributed by atoms with Gasteiger partial charge in [0.25, 0.3) is 5.56 Å². The number of benzene rings is 3. The van der Waals surface area contributed by atoms with Crippen LogP contribution >= 0.6 is 0 Å². The Kier molecular flexibility index (Phi) is 11.2. The first kappa shape index (κ1) is 37.2. The lowest BCUT2D eigenvalue weighted by atomic mass is 9.98. The molecular weight excluding hydrogens is 651 g/mol. The van der Waals surface area contributed by atoms with Gasteiger partial charge in [0, 0.05) is 31.7 Å². The molecule has 1 aliphatic rings. The van der Waals surface area contributed by atoms with E-state index in [0.717, 1.165) is 24.0 Å². The molecule has 11 heteroatoms. The Morgan fingerprint density at radius 2 is 1.60 bits per heavy atom. The molecule has 1 N–H and O–H groups in total. The molecule has 0 saturated carbocycles. The average molecular weight is 702 g/mol. The number of rotatable bonds is 10. The molecule has 0 bridgehead atoms. The number of nitrogens with zero attached hydrogens (tertiary/aromatic N) is 4. The van der Waals surface area contributed by atoms with Crippen molar-refractivity contribution in [3.63, 3.8) is 0 Å². The highest BCUT2D eigenvalue weighted by Gasteiger charge is 2.39. The second kappa shape index (κ2) is 15.0. The van der Waals surface area contributed by atoms with Gasteiger partial charge in [-0.05, 0) is 90.3 Å². The van der Waals surface area contributed by atoms with Crippen LogP contribution in [0.1, 0.15) is 95.9 Å². The number of sulfonamides is 1. The van der Waals surface area contributed by atoms with Crippen molar-refractivity contribution in [3.8, 4) is 0 Å². The minimum Gasteiger partial charge on any atom is -0.444 e. The van der Waals surface area contributed by atoms with E-state index in [9.17, 15) is 18.0 Å². The third-order valence-corrected chi connectivity index (χ3v) is 10.7. The standard InChI is InChI=1S/C39H51N5O5S/c1-9-14-34(42-24-27(4)44(28(5)25-42)38(46)49-39(6,7)8)36-40-33-22-19-30(23-32(33)37(45)43(36)10-2)35(29-15-12-11-13-16-29)41-50(47,48)31-20-17-26(3)18-21-31/h11-13,15-23,27-28,34-35,41H,9-10,14,24-25H2,1-8H3/t27-,28+,34-,35?/m1/s1. The summed E-state index contributed by atoms with van der Waals surface area (Å²) < 4.78 is 37.6. The number of carbonyl (C=O) groups is 1. The van der Waals surface area contributed by atoms with Crippen molar-refractivity contribution >= 4 is 27.0 Å². The van der Waals surface area contributed by atoms with E-state index in [2.05, 4.69) is 16.5 Å². The van der Waals surface area contributed by atoms with Crippen molar-refractivity contribution in [3.05, 3.63) is 106 Å².